The fourth-order valence-corrected chi connectivity index (χ4v) is 0. The summed E-state index contributed by atoms with van der Waals surface area (Å²) in [4.78, 5) is 0. The third-order valence-electron chi connectivity index (χ3n) is 0.348. The molecule has 58 valence electrons. The first kappa shape index (κ1) is 16.0. The minimum Gasteiger partial charge on any atom is -0.106 e. The maximum Gasteiger partial charge on any atom is -0.0404 e. The zero-order valence-corrected chi connectivity index (χ0v) is 7.19. The highest BCUT2D eigenvalue weighted by molar-refractivity contribution is 5.05. The zero-order chi connectivity index (χ0) is 8.99. The van der Waals surface area contributed by atoms with E-state index in [9.17, 15) is 0 Å². The van der Waals surface area contributed by atoms with Gasteiger partial charge in [-0.3, -0.25) is 0 Å². The average Bonchev–Trinajstić information content (AvgIpc) is 1.94. The Morgan fingerprint density at radius 1 is 1.20 bits per heavy atom. The Bertz CT molecular complexity index is 88.2. The van der Waals surface area contributed by atoms with E-state index in [-0.39, 0.29) is 0 Å². The fourth-order valence-electron chi connectivity index (χ4n) is 0. The smallest absolute Gasteiger partial charge is 0.0404 e. The summed E-state index contributed by atoms with van der Waals surface area (Å²) in [6.07, 6.45) is 3.47. The third-order valence-corrected chi connectivity index (χ3v) is 0.348. The average molecular weight is 138 g/mol. The predicted octanol–water partition coefficient (Wildman–Crippen LogP) is 3.74. The molecule has 0 rings (SSSR count). The Kier molecular flexibility index (Phi) is 39.3. The normalized spacial score (nSPS) is 5.00. The third kappa shape index (κ3) is 268. The molecule has 0 aliphatic rings. The molecule has 0 aromatic heterocycles. The number of rotatable bonds is 1. The van der Waals surface area contributed by atoms with Gasteiger partial charge in [-0.1, -0.05) is 30.9 Å². The molecule has 0 heteroatoms. The molecule has 0 N–H and O–H groups in total. The van der Waals surface area contributed by atoms with E-state index in [0.29, 0.717) is 0 Å². The Morgan fingerprint density at radius 2 is 1.30 bits per heavy atom. The van der Waals surface area contributed by atoms with Crippen LogP contribution in [0.4, 0.5) is 0 Å². The minimum atomic E-state index is 1.02. The van der Waals surface area contributed by atoms with Gasteiger partial charge >= 0.3 is 0 Å². The lowest BCUT2D eigenvalue weighted by Gasteiger charge is -1.71. The van der Waals surface area contributed by atoms with Crippen molar-refractivity contribution in [3.63, 3.8) is 0 Å². The van der Waals surface area contributed by atoms with Gasteiger partial charge < -0.3 is 0 Å². The van der Waals surface area contributed by atoms with E-state index in [1.165, 1.54) is 0 Å². The van der Waals surface area contributed by atoms with Crippen molar-refractivity contribution in [1.82, 2.24) is 0 Å². The van der Waals surface area contributed by atoms with Gasteiger partial charge in [0.05, 0.1) is 0 Å². The van der Waals surface area contributed by atoms with E-state index >= 15 is 0 Å². The molecular weight excluding hydrogens is 120 g/mol. The van der Waals surface area contributed by atoms with Crippen molar-refractivity contribution < 1.29 is 0 Å². The molecule has 0 aliphatic carbocycles. The largest absolute Gasteiger partial charge is 0.106 e. The molecule has 0 heterocycles. The van der Waals surface area contributed by atoms with Crippen molar-refractivity contribution in [2.45, 2.75) is 13.8 Å². The second-order valence-corrected chi connectivity index (χ2v) is 1.46. The summed E-state index contributed by atoms with van der Waals surface area (Å²) in [5, 5.41) is 0. The highest BCUT2D eigenvalue weighted by Gasteiger charge is 1.59. The van der Waals surface area contributed by atoms with Crippen LogP contribution in [0.15, 0.2) is 50.6 Å². The Balaban J connectivity index is -0.0000000847. The summed E-state index contributed by atoms with van der Waals surface area (Å²) in [6, 6.07) is 0. The molecule has 0 unspecified atom stereocenters. The van der Waals surface area contributed by atoms with Crippen LogP contribution in [0.2, 0.25) is 0 Å². The highest BCUT2D eigenvalue weighted by atomic mass is 13.7. The molecule has 0 saturated heterocycles. The lowest BCUT2D eigenvalue weighted by atomic mass is 10.4. The minimum absolute atomic E-state index is 1.02. The summed E-state index contributed by atoms with van der Waals surface area (Å²) in [6.45, 7) is 20.2. The van der Waals surface area contributed by atoms with Crippen molar-refractivity contribution in [3.8, 4) is 0 Å². The quantitative estimate of drug-likeness (QED) is 0.382. The number of hydrogen-bond acceptors (Lipinski definition) is 0. The van der Waals surface area contributed by atoms with Crippen LogP contribution in [-0.4, -0.2) is 0 Å². The van der Waals surface area contributed by atoms with Crippen LogP contribution < -0.4 is 0 Å². The molecule has 0 atom stereocenters. The highest BCUT2D eigenvalue weighted by Crippen LogP contribution is 1.81. The summed E-state index contributed by atoms with van der Waals surface area (Å²) in [5.74, 6) is 0. The molecule has 0 spiro atoms. The predicted molar refractivity (Wildman–Crippen MR) is 52.1 cm³/mol. The summed E-state index contributed by atoms with van der Waals surface area (Å²) in [7, 11) is 0. The van der Waals surface area contributed by atoms with E-state index in [1.807, 2.05) is 13.8 Å². The molecule has 0 radical (unpaired) electrons. The lowest BCUT2D eigenvalue weighted by molar-refractivity contribution is 1.58. The topological polar surface area (TPSA) is 0 Å². The summed E-state index contributed by atoms with van der Waals surface area (Å²) < 4.78 is 0. The molecule has 0 nitrogen and oxygen atoms in total. The van der Waals surface area contributed by atoms with E-state index in [0.717, 1.165) is 5.57 Å². The molecule has 0 amide bonds. The van der Waals surface area contributed by atoms with Gasteiger partial charge in [-0.15, -0.1) is 19.7 Å². The van der Waals surface area contributed by atoms with Crippen LogP contribution in [0.25, 0.3) is 0 Å². The van der Waals surface area contributed by atoms with Crippen LogP contribution in [0.5, 0.6) is 0 Å². The maximum absolute atomic E-state index is 3.56. The number of allylic oxidation sites excluding steroid dienone is 3. The first-order valence-electron chi connectivity index (χ1n) is 3.04. The molecule has 10 heavy (non-hydrogen) atoms. The van der Waals surface area contributed by atoms with Crippen molar-refractivity contribution in [2.75, 3.05) is 0 Å². The maximum atomic E-state index is 3.56. The van der Waals surface area contributed by atoms with Gasteiger partial charge in [0, 0.05) is 0 Å². The first-order valence-corrected chi connectivity index (χ1v) is 3.04. The van der Waals surface area contributed by atoms with E-state index in [2.05, 4.69) is 32.9 Å². The monoisotopic (exact) mass is 138 g/mol. The van der Waals surface area contributed by atoms with Crippen LogP contribution >= 0.6 is 0 Å². The molecule has 0 aromatic carbocycles. The Labute approximate surface area is 65.3 Å². The SMILES string of the molecule is C=C.C=CC.C=CC(=C)C. The van der Waals surface area contributed by atoms with Crippen LogP contribution in [0.3, 0.4) is 0 Å². The van der Waals surface area contributed by atoms with Gasteiger partial charge in [-0.2, -0.15) is 0 Å². The van der Waals surface area contributed by atoms with Crippen LogP contribution in [0.1, 0.15) is 13.8 Å². The molecule has 0 saturated carbocycles. The van der Waals surface area contributed by atoms with E-state index < -0.39 is 0 Å². The van der Waals surface area contributed by atoms with Crippen molar-refractivity contribution >= 4 is 0 Å². The molecular formula is C10H18. The van der Waals surface area contributed by atoms with E-state index in [1.54, 1.807) is 12.2 Å². The summed E-state index contributed by atoms with van der Waals surface area (Å²) >= 11 is 0. The van der Waals surface area contributed by atoms with Gasteiger partial charge in [0.15, 0.2) is 0 Å². The standard InChI is InChI=1S/C5H8.C3H6.C2H4/c1-4-5(2)3;1-3-2;1-2/h4H,1-2H2,3H3;3H,1H2,2H3;1-2H2. The molecule has 0 fully saturated rings. The van der Waals surface area contributed by atoms with Crippen LogP contribution in [0, 0.1) is 0 Å². The Morgan fingerprint density at radius 3 is 1.30 bits per heavy atom. The van der Waals surface area contributed by atoms with Gasteiger partial charge in [-0.25, -0.2) is 0 Å². The van der Waals surface area contributed by atoms with Gasteiger partial charge in [0.2, 0.25) is 0 Å². The Hall–Kier alpha value is -1.04. The van der Waals surface area contributed by atoms with Gasteiger partial charge in [0.25, 0.3) is 0 Å². The van der Waals surface area contributed by atoms with Gasteiger partial charge in [0.1, 0.15) is 0 Å². The lowest BCUT2D eigenvalue weighted by Crippen LogP contribution is -1.50. The van der Waals surface area contributed by atoms with Gasteiger partial charge in [-0.05, 0) is 13.8 Å². The number of hydrogen-bond donors (Lipinski definition) is 0. The first-order chi connectivity index (χ1) is 4.68. The van der Waals surface area contributed by atoms with Crippen LogP contribution in [-0.2, 0) is 0 Å². The zero-order valence-electron chi connectivity index (χ0n) is 7.19. The van der Waals surface area contributed by atoms with Crippen molar-refractivity contribution in [3.05, 3.63) is 50.6 Å². The second-order valence-electron chi connectivity index (χ2n) is 1.46. The molecule has 0 aliphatic heterocycles. The van der Waals surface area contributed by atoms with E-state index in [4.69, 9.17) is 0 Å². The molecule has 0 aromatic rings. The second kappa shape index (κ2) is 24.6. The van der Waals surface area contributed by atoms with Crippen molar-refractivity contribution in [1.29, 1.82) is 0 Å². The fraction of sp³-hybridized carbons (Fsp3) is 0.200. The molecule has 0 bridgehead atoms. The van der Waals surface area contributed by atoms with Crippen molar-refractivity contribution in [2.24, 2.45) is 0 Å². The summed E-state index contributed by atoms with van der Waals surface area (Å²) in [5.41, 5.74) is 1.02.